The number of ether oxygens (including phenoxy) is 1. The second-order valence-corrected chi connectivity index (χ2v) is 7.52. The molecule has 2 saturated heterocycles. The second kappa shape index (κ2) is 7.71. The molecule has 4 heterocycles. The molecular weight excluding hydrogens is 350 g/mol. The van der Waals surface area contributed by atoms with E-state index in [1.165, 1.54) is 11.5 Å². The molecule has 9 heteroatoms. The fourth-order valence-corrected chi connectivity index (χ4v) is 4.21. The lowest BCUT2D eigenvalue weighted by Crippen LogP contribution is -2.47. The van der Waals surface area contributed by atoms with E-state index in [1.54, 1.807) is 0 Å². The summed E-state index contributed by atoms with van der Waals surface area (Å²) in [6.07, 6.45) is 4.16. The van der Waals surface area contributed by atoms with Crippen molar-refractivity contribution in [2.75, 3.05) is 61.1 Å². The Labute approximate surface area is 158 Å². The molecule has 0 aliphatic carbocycles. The summed E-state index contributed by atoms with van der Waals surface area (Å²) in [5.74, 6) is 2.62. The van der Waals surface area contributed by atoms with Crippen LogP contribution in [0.25, 0.3) is 0 Å². The number of morpholine rings is 1. The number of nitrogens with zero attached hydrogens (tertiary/aromatic N) is 7. The topological polar surface area (TPSA) is 70.5 Å². The molecule has 1 atom stereocenters. The van der Waals surface area contributed by atoms with Gasteiger partial charge in [-0.15, -0.1) is 0 Å². The SMILES string of the molecule is Cc1nsc(N2CCCC(N(C)c3ccnc(N4CCOCC4)n3)C2)n1. The van der Waals surface area contributed by atoms with Gasteiger partial charge in [-0.1, -0.05) is 0 Å². The third-order valence-corrected chi connectivity index (χ3v) is 5.88. The minimum Gasteiger partial charge on any atom is -0.378 e. The van der Waals surface area contributed by atoms with Crippen molar-refractivity contribution in [3.63, 3.8) is 0 Å². The molecule has 26 heavy (non-hydrogen) atoms. The molecule has 0 radical (unpaired) electrons. The molecule has 0 amide bonds. The van der Waals surface area contributed by atoms with Gasteiger partial charge < -0.3 is 19.4 Å². The van der Waals surface area contributed by atoms with Crippen LogP contribution in [0.15, 0.2) is 12.3 Å². The second-order valence-electron chi connectivity index (χ2n) is 6.79. The van der Waals surface area contributed by atoms with Gasteiger partial charge in [-0.25, -0.2) is 9.97 Å². The summed E-state index contributed by atoms with van der Waals surface area (Å²) < 4.78 is 9.75. The summed E-state index contributed by atoms with van der Waals surface area (Å²) in [4.78, 5) is 20.6. The molecule has 2 aliphatic heterocycles. The van der Waals surface area contributed by atoms with Crippen LogP contribution in [0.5, 0.6) is 0 Å². The largest absolute Gasteiger partial charge is 0.378 e. The lowest BCUT2D eigenvalue weighted by Gasteiger charge is -2.38. The van der Waals surface area contributed by atoms with Crippen LogP contribution in [0, 0.1) is 6.92 Å². The van der Waals surface area contributed by atoms with Gasteiger partial charge in [-0.05, 0) is 25.8 Å². The molecule has 1 unspecified atom stereocenters. The molecule has 2 aliphatic rings. The van der Waals surface area contributed by atoms with Crippen LogP contribution in [-0.4, -0.2) is 71.8 Å². The van der Waals surface area contributed by atoms with Gasteiger partial charge in [0.05, 0.1) is 13.2 Å². The maximum atomic E-state index is 5.43. The van der Waals surface area contributed by atoms with Crippen molar-refractivity contribution in [2.24, 2.45) is 0 Å². The molecule has 2 aromatic rings. The summed E-state index contributed by atoms with van der Waals surface area (Å²) in [6.45, 7) is 7.11. The van der Waals surface area contributed by atoms with Crippen LogP contribution in [0.4, 0.5) is 16.9 Å². The molecule has 0 aromatic carbocycles. The third kappa shape index (κ3) is 3.73. The van der Waals surface area contributed by atoms with E-state index in [-0.39, 0.29) is 0 Å². The molecule has 0 bridgehead atoms. The van der Waals surface area contributed by atoms with Crippen LogP contribution in [0.1, 0.15) is 18.7 Å². The van der Waals surface area contributed by atoms with Crippen LogP contribution < -0.4 is 14.7 Å². The average Bonchev–Trinajstić information content (AvgIpc) is 3.15. The van der Waals surface area contributed by atoms with Crippen molar-refractivity contribution < 1.29 is 4.74 Å². The van der Waals surface area contributed by atoms with E-state index in [9.17, 15) is 0 Å². The Bertz CT molecular complexity index is 733. The highest BCUT2D eigenvalue weighted by molar-refractivity contribution is 7.09. The van der Waals surface area contributed by atoms with E-state index in [0.29, 0.717) is 6.04 Å². The van der Waals surface area contributed by atoms with Gasteiger partial charge in [0.25, 0.3) is 0 Å². The number of likely N-dealkylation sites (N-methyl/N-ethyl adjacent to an activating group) is 1. The minimum absolute atomic E-state index is 0.403. The number of hydrogen-bond donors (Lipinski definition) is 0. The Morgan fingerprint density at radius 3 is 2.81 bits per heavy atom. The Morgan fingerprint density at radius 1 is 1.19 bits per heavy atom. The summed E-state index contributed by atoms with van der Waals surface area (Å²) in [5, 5.41) is 1.03. The first kappa shape index (κ1) is 17.4. The van der Waals surface area contributed by atoms with Crippen molar-refractivity contribution in [3.05, 3.63) is 18.1 Å². The van der Waals surface area contributed by atoms with Crippen molar-refractivity contribution in [2.45, 2.75) is 25.8 Å². The summed E-state index contributed by atoms with van der Waals surface area (Å²) in [6, 6.07) is 2.40. The van der Waals surface area contributed by atoms with Gasteiger partial charge in [0, 0.05) is 57.0 Å². The van der Waals surface area contributed by atoms with Gasteiger partial charge >= 0.3 is 0 Å². The van der Waals surface area contributed by atoms with Crippen LogP contribution in [0.3, 0.4) is 0 Å². The standard InChI is InChI=1S/C17H25N7OS/c1-13-19-17(26-21-13)24-7-3-4-14(12-24)22(2)15-5-6-18-16(20-15)23-8-10-25-11-9-23/h5-6,14H,3-4,7-12H2,1-2H3. The number of anilines is 3. The van der Waals surface area contributed by atoms with E-state index >= 15 is 0 Å². The lowest BCUT2D eigenvalue weighted by atomic mass is 10.1. The van der Waals surface area contributed by atoms with E-state index in [2.05, 4.69) is 36.1 Å². The predicted molar refractivity (Wildman–Crippen MR) is 103 cm³/mol. The Hall–Kier alpha value is -2.00. The lowest BCUT2D eigenvalue weighted by molar-refractivity contribution is 0.122. The van der Waals surface area contributed by atoms with Gasteiger partial charge in [0.2, 0.25) is 11.1 Å². The monoisotopic (exact) mass is 375 g/mol. The van der Waals surface area contributed by atoms with E-state index in [1.807, 2.05) is 19.2 Å². The van der Waals surface area contributed by atoms with Gasteiger partial charge in [0.1, 0.15) is 11.6 Å². The van der Waals surface area contributed by atoms with Crippen molar-refractivity contribution in [3.8, 4) is 0 Å². The Balaban J connectivity index is 1.47. The fourth-order valence-electron chi connectivity index (χ4n) is 3.50. The molecule has 2 aromatic heterocycles. The number of piperidine rings is 1. The van der Waals surface area contributed by atoms with E-state index in [0.717, 1.165) is 75.0 Å². The molecular formula is C17H25N7OS. The first-order valence-electron chi connectivity index (χ1n) is 9.14. The molecule has 0 spiro atoms. The fraction of sp³-hybridized carbons (Fsp3) is 0.647. The number of aromatic nitrogens is 4. The van der Waals surface area contributed by atoms with Crippen molar-refractivity contribution in [1.29, 1.82) is 0 Å². The molecule has 4 rings (SSSR count). The zero-order chi connectivity index (χ0) is 17.9. The minimum atomic E-state index is 0.403. The maximum absolute atomic E-state index is 5.43. The number of aryl methyl sites for hydroxylation is 1. The van der Waals surface area contributed by atoms with Crippen LogP contribution >= 0.6 is 11.5 Å². The zero-order valence-corrected chi connectivity index (χ0v) is 16.2. The van der Waals surface area contributed by atoms with Crippen molar-refractivity contribution >= 4 is 28.4 Å². The van der Waals surface area contributed by atoms with Crippen LogP contribution in [0.2, 0.25) is 0 Å². The first-order valence-corrected chi connectivity index (χ1v) is 9.92. The highest BCUT2D eigenvalue weighted by Gasteiger charge is 2.26. The Morgan fingerprint density at radius 2 is 2.04 bits per heavy atom. The zero-order valence-electron chi connectivity index (χ0n) is 15.3. The van der Waals surface area contributed by atoms with Gasteiger partial charge in [-0.2, -0.15) is 9.36 Å². The third-order valence-electron chi connectivity index (χ3n) is 5.02. The molecule has 0 N–H and O–H groups in total. The highest BCUT2D eigenvalue weighted by Crippen LogP contribution is 2.26. The highest BCUT2D eigenvalue weighted by atomic mass is 32.1. The molecule has 0 saturated carbocycles. The van der Waals surface area contributed by atoms with Crippen LogP contribution in [-0.2, 0) is 4.74 Å². The van der Waals surface area contributed by atoms with E-state index < -0.39 is 0 Å². The summed E-state index contributed by atoms with van der Waals surface area (Å²) in [5.41, 5.74) is 0. The number of rotatable bonds is 4. The smallest absolute Gasteiger partial charge is 0.227 e. The quantitative estimate of drug-likeness (QED) is 0.798. The molecule has 2 fully saturated rings. The number of hydrogen-bond acceptors (Lipinski definition) is 9. The Kier molecular flexibility index (Phi) is 5.16. The summed E-state index contributed by atoms with van der Waals surface area (Å²) in [7, 11) is 2.13. The van der Waals surface area contributed by atoms with Gasteiger partial charge in [0.15, 0.2) is 0 Å². The normalized spacial score (nSPS) is 21.1. The molecule has 140 valence electrons. The van der Waals surface area contributed by atoms with Gasteiger partial charge in [-0.3, -0.25) is 0 Å². The molecule has 8 nitrogen and oxygen atoms in total. The summed E-state index contributed by atoms with van der Waals surface area (Å²) >= 11 is 1.49. The average molecular weight is 376 g/mol. The predicted octanol–water partition coefficient (Wildman–Crippen LogP) is 1.58. The first-order chi connectivity index (χ1) is 12.7. The maximum Gasteiger partial charge on any atom is 0.227 e. The van der Waals surface area contributed by atoms with E-state index in [4.69, 9.17) is 9.72 Å². The van der Waals surface area contributed by atoms with Crippen molar-refractivity contribution in [1.82, 2.24) is 19.3 Å².